The fourth-order valence-electron chi connectivity index (χ4n) is 2.50. The zero-order valence-electron chi connectivity index (χ0n) is 12.8. The van der Waals surface area contributed by atoms with Crippen LogP contribution in [0, 0.1) is 0 Å². The van der Waals surface area contributed by atoms with E-state index in [-0.39, 0.29) is 14.3 Å². The molecule has 0 heterocycles. The normalized spacial score (nSPS) is 12.4. The van der Waals surface area contributed by atoms with Gasteiger partial charge in [-0.05, 0) is 34.6 Å². The van der Waals surface area contributed by atoms with Crippen LogP contribution in [0.4, 0.5) is 0 Å². The van der Waals surface area contributed by atoms with Crippen LogP contribution >= 0.6 is 8.58 Å². The summed E-state index contributed by atoms with van der Waals surface area (Å²) >= 11 is 0. The summed E-state index contributed by atoms with van der Waals surface area (Å²) in [4.78, 5) is 4.47. The Kier molecular flexibility index (Phi) is 5.11. The maximum Gasteiger partial charge on any atom is 0.172 e. The van der Waals surface area contributed by atoms with Crippen LogP contribution in [0.15, 0.2) is 72.8 Å². The lowest BCUT2D eigenvalue weighted by Gasteiger charge is -2.16. The minimum absolute atomic E-state index is 0.111. The van der Waals surface area contributed by atoms with Crippen LogP contribution in [0.1, 0.15) is 11.4 Å². The minimum atomic E-state index is -0.672. The minimum Gasteiger partial charge on any atom is -0.508 e. The van der Waals surface area contributed by atoms with E-state index >= 15 is 0 Å². The molecule has 122 valence electrons. The van der Waals surface area contributed by atoms with Crippen LogP contribution in [-0.4, -0.2) is 15.5 Å². The Hall–Kier alpha value is -2.39. The summed E-state index contributed by atoms with van der Waals surface area (Å²) in [6.45, 7) is 0. The van der Waals surface area contributed by atoms with Crippen molar-refractivity contribution in [3.63, 3.8) is 0 Å². The van der Waals surface area contributed by atoms with Crippen LogP contribution in [0.3, 0.4) is 0 Å². The first kappa shape index (κ1) is 16.5. The quantitative estimate of drug-likeness (QED) is 0.374. The highest BCUT2D eigenvalue weighted by molar-refractivity contribution is 7.47. The molecular formula is C19H17O4P. The molecule has 0 fully saturated rings. The number of hydrogen-bond donors (Lipinski definition) is 3. The van der Waals surface area contributed by atoms with Gasteiger partial charge in [-0.25, -0.2) is 5.26 Å². The second kappa shape index (κ2) is 7.45. The fraction of sp³-hybridized carbons (Fsp3) is 0.0526. The number of aliphatic hydroxyl groups is 1. The van der Waals surface area contributed by atoms with E-state index < -0.39 is 5.85 Å². The molecule has 4 nitrogen and oxygen atoms in total. The Morgan fingerprint density at radius 2 is 1.42 bits per heavy atom. The summed E-state index contributed by atoms with van der Waals surface area (Å²) in [6, 6.07) is 21.4. The van der Waals surface area contributed by atoms with Gasteiger partial charge in [-0.1, -0.05) is 63.2 Å². The molecule has 3 aromatic rings. The molecule has 0 aliphatic heterocycles. The lowest BCUT2D eigenvalue weighted by atomic mass is 10.0. The van der Waals surface area contributed by atoms with Gasteiger partial charge < -0.3 is 15.1 Å². The van der Waals surface area contributed by atoms with Crippen molar-refractivity contribution in [1.82, 2.24) is 0 Å². The van der Waals surface area contributed by atoms with Gasteiger partial charge >= 0.3 is 0 Å². The molecule has 5 heteroatoms. The number of phenols is 1. The fourth-order valence-corrected chi connectivity index (χ4v) is 3.72. The van der Waals surface area contributed by atoms with Crippen molar-refractivity contribution in [2.75, 3.05) is 0 Å². The summed E-state index contributed by atoms with van der Waals surface area (Å²) in [5.41, 5.74) is 2.41. The molecule has 24 heavy (non-hydrogen) atoms. The molecule has 3 rings (SSSR count). The van der Waals surface area contributed by atoms with Crippen molar-refractivity contribution < 1.29 is 20.4 Å². The van der Waals surface area contributed by atoms with Gasteiger partial charge in [0.1, 0.15) is 5.75 Å². The Morgan fingerprint density at radius 3 is 2.12 bits per heavy atom. The van der Waals surface area contributed by atoms with E-state index in [4.69, 9.17) is 5.26 Å². The molecule has 0 saturated heterocycles. The Bertz CT molecular complexity index is 818. The number of aliphatic hydroxyl groups excluding tert-OH is 1. The van der Waals surface area contributed by atoms with E-state index in [2.05, 4.69) is 4.89 Å². The second-order valence-electron chi connectivity index (χ2n) is 5.27. The molecule has 0 spiro atoms. The van der Waals surface area contributed by atoms with Gasteiger partial charge in [-0.2, -0.15) is 0 Å². The summed E-state index contributed by atoms with van der Waals surface area (Å²) in [7, 11) is 0.111. The lowest BCUT2D eigenvalue weighted by Crippen LogP contribution is -2.04. The van der Waals surface area contributed by atoms with E-state index in [1.807, 2.05) is 36.4 Å². The number of benzene rings is 3. The Labute approximate surface area is 141 Å². The van der Waals surface area contributed by atoms with Gasteiger partial charge in [0, 0.05) is 5.56 Å². The highest BCUT2D eigenvalue weighted by Gasteiger charge is 2.14. The SMILES string of the molecule is OOc1ccccc1-c1ccccc1PC(O)c1ccc(O)cc1. The molecule has 2 unspecified atom stereocenters. The molecule has 0 bridgehead atoms. The van der Waals surface area contributed by atoms with Crippen molar-refractivity contribution >= 4 is 13.9 Å². The number of phenolic OH excluding ortho intramolecular Hbond substituents is 1. The second-order valence-corrected chi connectivity index (χ2v) is 6.65. The molecule has 0 aromatic heterocycles. The summed E-state index contributed by atoms with van der Waals surface area (Å²) in [5, 5.41) is 29.9. The van der Waals surface area contributed by atoms with Crippen LogP contribution in [0.2, 0.25) is 0 Å². The zero-order valence-corrected chi connectivity index (χ0v) is 13.8. The van der Waals surface area contributed by atoms with Gasteiger partial charge in [-0.3, -0.25) is 0 Å². The number of rotatable bonds is 5. The Balaban J connectivity index is 1.93. The predicted molar refractivity (Wildman–Crippen MR) is 96.2 cm³/mol. The highest BCUT2D eigenvalue weighted by Crippen LogP contribution is 2.37. The molecule has 0 aliphatic rings. The molecule has 0 amide bonds. The highest BCUT2D eigenvalue weighted by atomic mass is 31.1. The number of para-hydroxylation sites is 1. The lowest BCUT2D eigenvalue weighted by molar-refractivity contribution is -0.137. The molecule has 0 saturated carbocycles. The van der Waals surface area contributed by atoms with Gasteiger partial charge in [-0.15, -0.1) is 0 Å². The number of aromatic hydroxyl groups is 1. The van der Waals surface area contributed by atoms with Crippen molar-refractivity contribution in [3.05, 3.63) is 78.4 Å². The van der Waals surface area contributed by atoms with Gasteiger partial charge in [0.25, 0.3) is 0 Å². The van der Waals surface area contributed by atoms with E-state index in [1.165, 1.54) is 0 Å². The molecule has 3 N–H and O–H groups in total. The third kappa shape index (κ3) is 3.57. The van der Waals surface area contributed by atoms with E-state index in [1.54, 1.807) is 36.4 Å². The first-order valence-electron chi connectivity index (χ1n) is 7.42. The van der Waals surface area contributed by atoms with Gasteiger partial charge in [0.2, 0.25) is 0 Å². The summed E-state index contributed by atoms with van der Waals surface area (Å²) in [6.07, 6.45) is 0. The molecule has 3 aromatic carbocycles. The Morgan fingerprint density at radius 1 is 0.792 bits per heavy atom. The van der Waals surface area contributed by atoms with Crippen LogP contribution in [-0.2, 0) is 0 Å². The summed E-state index contributed by atoms with van der Waals surface area (Å²) in [5.74, 6) is -0.133. The first-order chi connectivity index (χ1) is 11.7. The maximum absolute atomic E-state index is 10.5. The van der Waals surface area contributed by atoms with Gasteiger partial charge in [0.05, 0.1) is 5.85 Å². The van der Waals surface area contributed by atoms with Crippen LogP contribution in [0.5, 0.6) is 11.5 Å². The first-order valence-corrected chi connectivity index (χ1v) is 8.50. The van der Waals surface area contributed by atoms with E-state index in [0.29, 0.717) is 5.75 Å². The maximum atomic E-state index is 10.5. The van der Waals surface area contributed by atoms with Gasteiger partial charge in [0.15, 0.2) is 5.75 Å². The van der Waals surface area contributed by atoms with E-state index in [0.717, 1.165) is 22.0 Å². The molecule has 0 radical (unpaired) electrons. The summed E-state index contributed by atoms with van der Waals surface area (Å²) < 4.78 is 0. The van der Waals surface area contributed by atoms with Crippen molar-refractivity contribution in [3.8, 4) is 22.6 Å². The third-order valence-electron chi connectivity index (χ3n) is 3.70. The smallest absolute Gasteiger partial charge is 0.172 e. The van der Waals surface area contributed by atoms with Crippen LogP contribution < -0.4 is 10.2 Å². The predicted octanol–water partition coefficient (Wildman–Crippen LogP) is 3.91. The third-order valence-corrected chi connectivity index (χ3v) is 5.06. The largest absolute Gasteiger partial charge is 0.508 e. The topological polar surface area (TPSA) is 69.9 Å². The average molecular weight is 340 g/mol. The van der Waals surface area contributed by atoms with Crippen molar-refractivity contribution in [2.45, 2.75) is 5.85 Å². The van der Waals surface area contributed by atoms with Crippen LogP contribution in [0.25, 0.3) is 11.1 Å². The standard InChI is InChI=1S/C19H17O4P/c20-14-11-9-13(10-12-14)19(21)24-18-8-4-2-6-16(18)15-5-1-3-7-17(15)23-22/h1-12,19-22,24H. The molecule has 0 aliphatic carbocycles. The monoisotopic (exact) mass is 340 g/mol. The molecular weight excluding hydrogens is 323 g/mol. The average Bonchev–Trinajstić information content (AvgIpc) is 2.62. The van der Waals surface area contributed by atoms with Crippen molar-refractivity contribution in [2.24, 2.45) is 0 Å². The van der Waals surface area contributed by atoms with Crippen molar-refractivity contribution in [1.29, 1.82) is 0 Å². The zero-order chi connectivity index (χ0) is 16.9. The molecule has 2 atom stereocenters. The van der Waals surface area contributed by atoms with E-state index in [9.17, 15) is 10.2 Å². The number of hydrogen-bond acceptors (Lipinski definition) is 4.